The smallest absolute Gasteiger partial charge is 0.493 e. The SMILES string of the molecule is COC(=O)/C=C/c1ccc(OCC(=O)NCc2ccccc2OC(F)(F)F)c(OC)c1. The minimum absolute atomic E-state index is 0.160. The lowest BCUT2D eigenvalue weighted by atomic mass is 10.2. The van der Waals surface area contributed by atoms with Gasteiger partial charge in [-0.05, 0) is 29.8 Å². The maximum atomic E-state index is 12.5. The second-order valence-corrected chi connectivity index (χ2v) is 5.99. The van der Waals surface area contributed by atoms with E-state index in [4.69, 9.17) is 9.47 Å². The number of alkyl halides is 3. The van der Waals surface area contributed by atoms with Crippen LogP contribution < -0.4 is 19.5 Å². The van der Waals surface area contributed by atoms with Crippen LogP contribution in [0.2, 0.25) is 0 Å². The van der Waals surface area contributed by atoms with Gasteiger partial charge in [0.25, 0.3) is 5.91 Å². The first-order chi connectivity index (χ1) is 14.7. The van der Waals surface area contributed by atoms with E-state index < -0.39 is 30.6 Å². The fourth-order valence-electron chi connectivity index (χ4n) is 2.40. The number of carbonyl (C=O) groups excluding carboxylic acids is 2. The number of halogens is 3. The predicted octanol–water partition coefficient (Wildman–Crippen LogP) is 3.48. The van der Waals surface area contributed by atoms with Crippen LogP contribution in [0, 0.1) is 0 Å². The number of hydrogen-bond donors (Lipinski definition) is 1. The Labute approximate surface area is 176 Å². The fourth-order valence-corrected chi connectivity index (χ4v) is 2.40. The number of benzene rings is 2. The molecule has 0 saturated carbocycles. The fraction of sp³-hybridized carbons (Fsp3) is 0.238. The molecule has 0 bridgehead atoms. The van der Waals surface area contributed by atoms with Crippen molar-refractivity contribution in [2.24, 2.45) is 0 Å². The van der Waals surface area contributed by atoms with Gasteiger partial charge in [-0.2, -0.15) is 0 Å². The molecule has 0 aromatic heterocycles. The number of hydrogen-bond acceptors (Lipinski definition) is 6. The zero-order chi connectivity index (χ0) is 22.9. The van der Waals surface area contributed by atoms with Crippen LogP contribution in [-0.4, -0.2) is 39.1 Å². The van der Waals surface area contributed by atoms with Gasteiger partial charge in [-0.15, -0.1) is 13.2 Å². The third-order valence-electron chi connectivity index (χ3n) is 3.83. The molecule has 166 valence electrons. The van der Waals surface area contributed by atoms with Crippen LogP contribution in [0.15, 0.2) is 48.5 Å². The van der Waals surface area contributed by atoms with Crippen molar-refractivity contribution < 1.29 is 41.7 Å². The molecule has 0 aliphatic rings. The highest BCUT2D eigenvalue weighted by atomic mass is 19.4. The number of methoxy groups -OCH3 is 2. The molecular weight excluding hydrogens is 419 g/mol. The van der Waals surface area contributed by atoms with Crippen LogP contribution in [0.3, 0.4) is 0 Å². The lowest BCUT2D eigenvalue weighted by molar-refractivity contribution is -0.274. The van der Waals surface area contributed by atoms with Gasteiger partial charge in [0, 0.05) is 18.2 Å². The van der Waals surface area contributed by atoms with Crippen molar-refractivity contribution in [1.82, 2.24) is 5.32 Å². The molecule has 10 heteroatoms. The normalized spacial score (nSPS) is 11.1. The van der Waals surface area contributed by atoms with Crippen molar-refractivity contribution in [2.45, 2.75) is 12.9 Å². The Balaban J connectivity index is 1.94. The van der Waals surface area contributed by atoms with Crippen LogP contribution in [-0.2, 0) is 20.9 Å². The summed E-state index contributed by atoms with van der Waals surface area (Å²) in [4.78, 5) is 23.2. The molecule has 0 heterocycles. The second-order valence-electron chi connectivity index (χ2n) is 5.99. The number of carbonyl (C=O) groups is 2. The number of esters is 1. The quantitative estimate of drug-likeness (QED) is 0.476. The maximum Gasteiger partial charge on any atom is 0.573 e. The van der Waals surface area contributed by atoms with E-state index in [0.29, 0.717) is 11.3 Å². The average molecular weight is 439 g/mol. The zero-order valence-electron chi connectivity index (χ0n) is 16.7. The van der Waals surface area contributed by atoms with Crippen LogP contribution in [0.25, 0.3) is 6.08 Å². The highest BCUT2D eigenvalue weighted by Gasteiger charge is 2.32. The van der Waals surface area contributed by atoms with E-state index in [-0.39, 0.29) is 17.9 Å². The van der Waals surface area contributed by atoms with Gasteiger partial charge in [0.2, 0.25) is 0 Å². The first kappa shape index (κ1) is 23.6. The van der Waals surface area contributed by atoms with Crippen LogP contribution >= 0.6 is 0 Å². The summed E-state index contributed by atoms with van der Waals surface area (Å²) in [6, 6.07) is 10.3. The van der Waals surface area contributed by atoms with E-state index in [9.17, 15) is 22.8 Å². The van der Waals surface area contributed by atoms with E-state index in [1.54, 1.807) is 18.2 Å². The van der Waals surface area contributed by atoms with Gasteiger partial charge in [-0.25, -0.2) is 4.79 Å². The summed E-state index contributed by atoms with van der Waals surface area (Å²) in [5.74, 6) is -0.873. The molecule has 2 aromatic carbocycles. The summed E-state index contributed by atoms with van der Waals surface area (Å²) >= 11 is 0. The van der Waals surface area contributed by atoms with Crippen LogP contribution in [0.5, 0.6) is 17.2 Å². The molecular formula is C21H20F3NO6. The summed E-state index contributed by atoms with van der Waals surface area (Å²) in [5.41, 5.74) is 0.799. The summed E-state index contributed by atoms with van der Waals surface area (Å²) in [5, 5.41) is 2.47. The summed E-state index contributed by atoms with van der Waals surface area (Å²) < 4.78 is 56.5. The van der Waals surface area contributed by atoms with Crippen molar-refractivity contribution >= 4 is 18.0 Å². The number of para-hydroxylation sites is 1. The van der Waals surface area contributed by atoms with Gasteiger partial charge in [-0.3, -0.25) is 4.79 Å². The zero-order valence-corrected chi connectivity index (χ0v) is 16.7. The van der Waals surface area contributed by atoms with Crippen LogP contribution in [0.4, 0.5) is 13.2 Å². The molecule has 1 amide bonds. The molecule has 2 aromatic rings. The number of amides is 1. The molecule has 31 heavy (non-hydrogen) atoms. The second kappa shape index (κ2) is 10.9. The molecule has 0 fully saturated rings. The third kappa shape index (κ3) is 7.92. The van der Waals surface area contributed by atoms with E-state index in [2.05, 4.69) is 14.8 Å². The largest absolute Gasteiger partial charge is 0.573 e. The van der Waals surface area contributed by atoms with Gasteiger partial charge in [0.15, 0.2) is 18.1 Å². The first-order valence-corrected chi connectivity index (χ1v) is 8.89. The van der Waals surface area contributed by atoms with Gasteiger partial charge in [0.1, 0.15) is 5.75 Å². The number of nitrogens with one attached hydrogen (secondary N) is 1. The molecule has 0 radical (unpaired) electrons. The van der Waals surface area contributed by atoms with Crippen LogP contribution in [0.1, 0.15) is 11.1 Å². The van der Waals surface area contributed by atoms with Crippen molar-refractivity contribution in [3.63, 3.8) is 0 Å². The van der Waals surface area contributed by atoms with E-state index >= 15 is 0 Å². The van der Waals surface area contributed by atoms with Crippen molar-refractivity contribution in [3.05, 3.63) is 59.7 Å². The van der Waals surface area contributed by atoms with Crippen molar-refractivity contribution in [2.75, 3.05) is 20.8 Å². The molecule has 0 saturated heterocycles. The minimum Gasteiger partial charge on any atom is -0.493 e. The average Bonchev–Trinajstić information content (AvgIpc) is 2.74. The van der Waals surface area contributed by atoms with Crippen molar-refractivity contribution in [1.29, 1.82) is 0 Å². The van der Waals surface area contributed by atoms with E-state index in [1.165, 1.54) is 44.6 Å². The molecule has 0 spiro atoms. The number of rotatable bonds is 9. The lowest BCUT2D eigenvalue weighted by Gasteiger charge is -2.14. The van der Waals surface area contributed by atoms with Gasteiger partial charge in [0.05, 0.1) is 14.2 Å². The molecule has 0 unspecified atom stereocenters. The Morgan fingerprint density at radius 3 is 2.45 bits per heavy atom. The molecule has 7 nitrogen and oxygen atoms in total. The summed E-state index contributed by atoms with van der Waals surface area (Å²) in [6.07, 6.45) is -2.08. The standard InChI is InChI=1S/C21H20F3NO6/c1-28-18-11-14(8-10-20(27)29-2)7-9-17(18)30-13-19(26)25-12-15-5-3-4-6-16(15)31-21(22,23)24/h3-11H,12-13H2,1-2H3,(H,25,26)/b10-8+. The Hall–Kier alpha value is -3.69. The topological polar surface area (TPSA) is 83.1 Å². The van der Waals surface area contributed by atoms with Crippen molar-refractivity contribution in [3.8, 4) is 17.2 Å². The first-order valence-electron chi connectivity index (χ1n) is 8.89. The molecule has 0 aliphatic carbocycles. The van der Waals surface area contributed by atoms with E-state index in [0.717, 1.165) is 6.07 Å². The van der Waals surface area contributed by atoms with E-state index in [1.807, 2.05) is 0 Å². The summed E-state index contributed by atoms with van der Waals surface area (Å²) in [6.45, 7) is -0.571. The maximum absolute atomic E-state index is 12.5. The highest BCUT2D eigenvalue weighted by molar-refractivity contribution is 5.87. The summed E-state index contributed by atoms with van der Waals surface area (Å²) in [7, 11) is 2.67. The Morgan fingerprint density at radius 1 is 1.03 bits per heavy atom. The molecule has 0 atom stereocenters. The lowest BCUT2D eigenvalue weighted by Crippen LogP contribution is -2.29. The Kier molecular flexibility index (Phi) is 8.30. The Morgan fingerprint density at radius 2 is 1.77 bits per heavy atom. The number of ether oxygens (including phenoxy) is 4. The van der Waals surface area contributed by atoms with Gasteiger partial charge in [-0.1, -0.05) is 24.3 Å². The molecule has 2 rings (SSSR count). The van der Waals surface area contributed by atoms with Gasteiger partial charge < -0.3 is 24.3 Å². The van der Waals surface area contributed by atoms with Gasteiger partial charge >= 0.3 is 12.3 Å². The third-order valence-corrected chi connectivity index (χ3v) is 3.83. The minimum atomic E-state index is -4.84. The highest BCUT2D eigenvalue weighted by Crippen LogP contribution is 2.29. The Bertz CT molecular complexity index is 943. The molecule has 1 N–H and O–H groups in total. The molecule has 0 aliphatic heterocycles. The monoisotopic (exact) mass is 439 g/mol. The predicted molar refractivity (Wildman–Crippen MR) is 105 cm³/mol.